The summed E-state index contributed by atoms with van der Waals surface area (Å²) in [6.45, 7) is 3.42. The van der Waals surface area contributed by atoms with Gasteiger partial charge in [0.05, 0.1) is 12.1 Å². The average molecular weight is 393 g/mol. The van der Waals surface area contributed by atoms with Crippen LogP contribution in [0.15, 0.2) is 35.3 Å². The summed E-state index contributed by atoms with van der Waals surface area (Å²) < 4.78 is 2.00. The first-order valence-electron chi connectivity index (χ1n) is 9.97. The molecule has 0 saturated heterocycles. The number of aromatic nitrogens is 4. The van der Waals surface area contributed by atoms with Gasteiger partial charge in [-0.15, -0.1) is 0 Å². The molecule has 29 heavy (non-hydrogen) atoms. The highest BCUT2D eigenvalue weighted by molar-refractivity contribution is 5.85. The zero-order chi connectivity index (χ0) is 20.4. The molecule has 3 heterocycles. The van der Waals surface area contributed by atoms with Crippen LogP contribution < -0.4 is 15.5 Å². The van der Waals surface area contributed by atoms with E-state index >= 15 is 0 Å². The number of nitrogens with one attached hydrogen (secondary N) is 2. The Bertz CT molecular complexity index is 1040. The molecule has 8 nitrogen and oxygen atoms in total. The Morgan fingerprint density at radius 2 is 2.10 bits per heavy atom. The lowest BCUT2D eigenvalue weighted by Crippen LogP contribution is -2.46. The zero-order valence-electron chi connectivity index (χ0n) is 17.5. The van der Waals surface area contributed by atoms with Crippen molar-refractivity contribution in [2.24, 2.45) is 4.99 Å². The third-order valence-electron chi connectivity index (χ3n) is 5.22. The van der Waals surface area contributed by atoms with Crippen molar-refractivity contribution in [3.63, 3.8) is 0 Å². The van der Waals surface area contributed by atoms with E-state index in [1.807, 2.05) is 36.7 Å². The Morgan fingerprint density at radius 3 is 2.90 bits per heavy atom. The lowest BCUT2D eigenvalue weighted by molar-refractivity contribution is 0.392. The highest BCUT2D eigenvalue weighted by atomic mass is 15.4. The summed E-state index contributed by atoms with van der Waals surface area (Å²) in [5.74, 6) is 3.65. The van der Waals surface area contributed by atoms with Gasteiger partial charge in [-0.1, -0.05) is 18.2 Å². The van der Waals surface area contributed by atoms with Crippen molar-refractivity contribution in [2.75, 3.05) is 26.0 Å². The van der Waals surface area contributed by atoms with Crippen molar-refractivity contribution in [1.82, 2.24) is 30.4 Å². The number of para-hydroxylation sites is 1. The van der Waals surface area contributed by atoms with Crippen molar-refractivity contribution in [3.8, 4) is 0 Å². The van der Waals surface area contributed by atoms with Crippen LogP contribution in [0.4, 0.5) is 5.82 Å². The summed E-state index contributed by atoms with van der Waals surface area (Å²) in [7, 11) is 5.83. The minimum absolute atomic E-state index is 0.279. The summed E-state index contributed by atoms with van der Waals surface area (Å²) in [4.78, 5) is 15.7. The monoisotopic (exact) mass is 392 g/mol. The van der Waals surface area contributed by atoms with E-state index in [1.165, 1.54) is 5.56 Å². The Kier molecular flexibility index (Phi) is 5.33. The number of anilines is 1. The van der Waals surface area contributed by atoms with Crippen LogP contribution in [0.3, 0.4) is 0 Å². The molecule has 1 unspecified atom stereocenters. The molecule has 152 valence electrons. The lowest BCUT2D eigenvalue weighted by atomic mass is 10.1. The van der Waals surface area contributed by atoms with Crippen LogP contribution in [0.25, 0.3) is 10.9 Å². The van der Waals surface area contributed by atoms with Gasteiger partial charge in [0.25, 0.3) is 0 Å². The predicted octanol–water partition coefficient (Wildman–Crippen LogP) is 1.88. The molecule has 0 spiro atoms. The van der Waals surface area contributed by atoms with Gasteiger partial charge in [-0.25, -0.2) is 14.6 Å². The van der Waals surface area contributed by atoms with Crippen molar-refractivity contribution < 1.29 is 0 Å². The number of aliphatic imine (C=N–C) groups is 1. The Balaban J connectivity index is 1.46. The van der Waals surface area contributed by atoms with E-state index in [-0.39, 0.29) is 6.04 Å². The SMILES string of the molecule is CN=C(NCc1cc(N(C)C)nc2ccccc12)NC1CCc2nc(C)nn2C1. The molecule has 1 aromatic carbocycles. The van der Waals surface area contributed by atoms with Crippen molar-refractivity contribution in [2.45, 2.75) is 38.9 Å². The highest BCUT2D eigenvalue weighted by Gasteiger charge is 2.21. The number of nitrogens with zero attached hydrogens (tertiary/aromatic N) is 6. The number of rotatable bonds is 4. The summed E-state index contributed by atoms with van der Waals surface area (Å²) in [5.41, 5.74) is 2.19. The normalized spacial score (nSPS) is 16.6. The van der Waals surface area contributed by atoms with E-state index in [2.05, 4.69) is 50.0 Å². The molecule has 3 aromatic rings. The molecular formula is C21H28N8. The van der Waals surface area contributed by atoms with Gasteiger partial charge in [0.2, 0.25) is 0 Å². The Hall–Kier alpha value is -3.16. The molecule has 4 rings (SSSR count). The van der Waals surface area contributed by atoms with E-state index in [0.29, 0.717) is 6.54 Å². The highest BCUT2D eigenvalue weighted by Crippen LogP contribution is 2.22. The number of aryl methyl sites for hydroxylation is 2. The van der Waals surface area contributed by atoms with Gasteiger partial charge in [-0.3, -0.25) is 4.99 Å². The Labute approximate surface area is 171 Å². The fraction of sp³-hybridized carbons (Fsp3) is 0.429. The maximum atomic E-state index is 4.74. The minimum Gasteiger partial charge on any atom is -0.363 e. The maximum Gasteiger partial charge on any atom is 0.191 e. The second-order valence-electron chi connectivity index (χ2n) is 7.61. The Morgan fingerprint density at radius 1 is 1.28 bits per heavy atom. The van der Waals surface area contributed by atoms with Gasteiger partial charge in [0.1, 0.15) is 17.5 Å². The molecular weight excluding hydrogens is 364 g/mol. The first-order valence-corrected chi connectivity index (χ1v) is 9.97. The number of hydrogen-bond donors (Lipinski definition) is 2. The van der Waals surface area contributed by atoms with E-state index in [0.717, 1.165) is 53.7 Å². The van der Waals surface area contributed by atoms with Crippen LogP contribution in [-0.2, 0) is 19.5 Å². The standard InChI is InChI=1S/C21H28N8/c1-14-24-19-10-9-16(13-29(19)27-14)25-21(22-2)23-12-15-11-20(28(3)4)26-18-8-6-5-7-17(15)18/h5-8,11,16H,9-10,12-13H2,1-4H3,(H2,22,23,25). The van der Waals surface area contributed by atoms with Crippen molar-refractivity contribution >= 4 is 22.7 Å². The molecule has 0 fully saturated rings. The molecule has 2 N–H and O–H groups in total. The molecule has 0 aliphatic carbocycles. The van der Waals surface area contributed by atoms with Crippen LogP contribution in [0.1, 0.15) is 23.6 Å². The van der Waals surface area contributed by atoms with Gasteiger partial charge >= 0.3 is 0 Å². The second-order valence-corrected chi connectivity index (χ2v) is 7.61. The van der Waals surface area contributed by atoms with Crippen LogP contribution in [0.5, 0.6) is 0 Å². The summed E-state index contributed by atoms with van der Waals surface area (Å²) in [6, 6.07) is 10.7. The number of fused-ring (bicyclic) bond motifs is 2. The zero-order valence-corrected chi connectivity index (χ0v) is 17.5. The van der Waals surface area contributed by atoms with Gasteiger partial charge < -0.3 is 15.5 Å². The molecule has 0 amide bonds. The van der Waals surface area contributed by atoms with Crippen molar-refractivity contribution in [3.05, 3.63) is 47.5 Å². The summed E-state index contributed by atoms with van der Waals surface area (Å²) >= 11 is 0. The van der Waals surface area contributed by atoms with Gasteiger partial charge in [0.15, 0.2) is 5.96 Å². The third kappa shape index (κ3) is 4.16. The third-order valence-corrected chi connectivity index (χ3v) is 5.22. The molecule has 1 aliphatic rings. The number of guanidine groups is 1. The van der Waals surface area contributed by atoms with Crippen LogP contribution in [0, 0.1) is 6.92 Å². The topological polar surface area (TPSA) is 83.3 Å². The van der Waals surface area contributed by atoms with Crippen LogP contribution in [0.2, 0.25) is 0 Å². The molecule has 0 bridgehead atoms. The first-order chi connectivity index (χ1) is 14.0. The van der Waals surface area contributed by atoms with E-state index < -0.39 is 0 Å². The maximum absolute atomic E-state index is 4.74. The number of pyridine rings is 1. The van der Waals surface area contributed by atoms with Gasteiger partial charge in [0, 0.05) is 45.5 Å². The smallest absolute Gasteiger partial charge is 0.191 e. The lowest BCUT2D eigenvalue weighted by Gasteiger charge is -2.25. The quantitative estimate of drug-likeness (QED) is 0.521. The number of benzene rings is 1. The van der Waals surface area contributed by atoms with Gasteiger partial charge in [-0.05, 0) is 31.0 Å². The van der Waals surface area contributed by atoms with E-state index in [4.69, 9.17) is 4.98 Å². The average Bonchev–Trinajstić information content (AvgIpc) is 3.09. The molecule has 1 atom stereocenters. The van der Waals surface area contributed by atoms with E-state index in [9.17, 15) is 0 Å². The first kappa shape index (κ1) is 19.2. The molecule has 8 heteroatoms. The molecule has 0 radical (unpaired) electrons. The fourth-order valence-electron chi connectivity index (χ4n) is 3.73. The fourth-order valence-corrected chi connectivity index (χ4v) is 3.73. The largest absolute Gasteiger partial charge is 0.363 e. The van der Waals surface area contributed by atoms with Crippen molar-refractivity contribution in [1.29, 1.82) is 0 Å². The number of hydrogen-bond acceptors (Lipinski definition) is 5. The molecule has 1 aliphatic heterocycles. The van der Waals surface area contributed by atoms with Crippen LogP contribution in [-0.4, -0.2) is 52.9 Å². The summed E-state index contributed by atoms with van der Waals surface area (Å²) in [6.07, 6.45) is 1.94. The molecule has 2 aromatic heterocycles. The minimum atomic E-state index is 0.279. The second kappa shape index (κ2) is 8.06. The van der Waals surface area contributed by atoms with E-state index in [1.54, 1.807) is 7.05 Å². The van der Waals surface area contributed by atoms with Gasteiger partial charge in [-0.2, -0.15) is 5.10 Å². The van der Waals surface area contributed by atoms with Crippen LogP contribution >= 0.6 is 0 Å². The predicted molar refractivity (Wildman–Crippen MR) is 116 cm³/mol. The summed E-state index contributed by atoms with van der Waals surface area (Å²) in [5, 5.41) is 12.6. The molecule has 0 saturated carbocycles.